The van der Waals surface area contributed by atoms with Gasteiger partial charge in [0.25, 0.3) is 0 Å². The zero-order valence-electron chi connectivity index (χ0n) is 36.6. The highest BCUT2D eigenvalue weighted by Crippen LogP contribution is 2.52. The second-order valence-corrected chi connectivity index (χ2v) is 19.3. The molecule has 5 fully saturated rings. The Kier molecular flexibility index (Phi) is 12.5. The van der Waals surface area contributed by atoms with Gasteiger partial charge in [-0.25, -0.2) is 15.0 Å². The Morgan fingerprint density at radius 3 is 2.52 bits per heavy atom. The van der Waals surface area contributed by atoms with E-state index in [0.29, 0.717) is 43.2 Å². The third kappa shape index (κ3) is 9.70. The summed E-state index contributed by atoms with van der Waals surface area (Å²) in [6, 6.07) is 3.88. The monoisotopic (exact) mass is 860 g/mol. The first-order chi connectivity index (χ1) is 29.6. The fraction of sp³-hybridized carbons (Fsp3) is 0.644. The average Bonchev–Trinajstić information content (AvgIpc) is 3.89. The first kappa shape index (κ1) is 43.8. The molecule has 3 amide bonds. The summed E-state index contributed by atoms with van der Waals surface area (Å²) in [4.78, 5) is 58.6. The van der Waals surface area contributed by atoms with E-state index in [1.165, 1.54) is 17.4 Å². The molecule has 62 heavy (non-hydrogen) atoms. The predicted molar refractivity (Wildman–Crippen MR) is 230 cm³/mol. The largest absolute Gasteiger partial charge is 0.492 e. The van der Waals surface area contributed by atoms with Crippen molar-refractivity contribution in [2.45, 2.75) is 115 Å². The number of ether oxygens (including phenoxy) is 4. The lowest BCUT2D eigenvalue weighted by molar-refractivity contribution is -0.146. The number of aliphatic carboxylic acids is 1. The maximum absolute atomic E-state index is 14.8. The van der Waals surface area contributed by atoms with Crippen molar-refractivity contribution >= 4 is 35.3 Å². The van der Waals surface area contributed by atoms with Gasteiger partial charge in [0.05, 0.1) is 31.6 Å². The molecule has 4 aliphatic heterocycles. The molecular formula is C45H64N8O9. The highest BCUT2D eigenvalue weighted by atomic mass is 16.6. The molecule has 0 spiro atoms. The summed E-state index contributed by atoms with van der Waals surface area (Å²) >= 11 is 0. The number of likely N-dealkylation sites (tertiary alicyclic amines) is 1. The molecule has 0 aromatic heterocycles. The van der Waals surface area contributed by atoms with E-state index in [2.05, 4.69) is 52.0 Å². The fourth-order valence-electron chi connectivity index (χ4n) is 9.55. The molecule has 8 rings (SSSR count). The third-order valence-corrected chi connectivity index (χ3v) is 13.2. The van der Waals surface area contributed by atoms with Crippen LogP contribution < -0.4 is 31.4 Å². The molecule has 10 atom stereocenters. The molecule has 17 nitrogen and oxygen atoms in total. The van der Waals surface area contributed by atoms with E-state index in [-0.39, 0.29) is 37.7 Å². The molecular weight excluding hydrogens is 797 g/mol. The maximum atomic E-state index is 14.8. The van der Waals surface area contributed by atoms with Crippen LogP contribution in [-0.4, -0.2) is 138 Å². The number of hydrogen-bond acceptors (Lipinski definition) is 13. The number of carbonyl (C=O) groups is 4. The van der Waals surface area contributed by atoms with Crippen LogP contribution in [0.3, 0.4) is 0 Å². The van der Waals surface area contributed by atoms with Crippen molar-refractivity contribution in [2.24, 2.45) is 23.2 Å². The SMILES string of the molecule is C=C[C@@H]1C[C@]1(NC(=O)[C@@H]1C[C@@H](OC2=CC(N3C=CC(NC(C)C)N3)Nc3cc(OCCN4CCOCC4)ccc32)CN1C(=O)[C@@H](NC(=O)OC1CC2C[C@H]2C1)C(C)(C)C)C(=O)O. The number of carboxylic acid groups (broad SMARTS) is 1. The zero-order valence-corrected chi connectivity index (χ0v) is 36.6. The Bertz CT molecular complexity index is 1940. The summed E-state index contributed by atoms with van der Waals surface area (Å²) < 4.78 is 24.4. The summed E-state index contributed by atoms with van der Waals surface area (Å²) in [6.45, 7) is 17.9. The van der Waals surface area contributed by atoms with Gasteiger partial charge in [0.2, 0.25) is 11.8 Å². The average molecular weight is 861 g/mol. The Labute approximate surface area is 363 Å². The summed E-state index contributed by atoms with van der Waals surface area (Å²) in [6.07, 6.45) is 8.56. The number of hydrazine groups is 1. The standard InChI is InChI=1S/C45H64N8O9/c1-7-29-24-45(29,42(56)57)49-40(54)35-22-32(25-52(35)41(55)39(44(4,5)6)48-43(58)62-31-19-27-18-28(27)20-31)61-36-23-38(53-11-10-37(50-53)46-26(2)3)47-34-21-30(8-9-33(34)36)60-17-14-51-12-15-59-16-13-51/h7-11,21,23,26-29,31-32,35,37-39,46-47,50H,1,12-20,22,24-25H2,2-6H3,(H,48,58)(H,49,54)(H,56,57)/t27-,28?,29+,31?,32+,35-,37?,38?,39+,45+/m0/s1. The van der Waals surface area contributed by atoms with Crippen LogP contribution in [0.1, 0.15) is 72.3 Å². The summed E-state index contributed by atoms with van der Waals surface area (Å²) in [7, 11) is 0. The van der Waals surface area contributed by atoms with E-state index in [4.69, 9.17) is 18.9 Å². The van der Waals surface area contributed by atoms with Gasteiger partial charge in [-0.15, -0.1) is 6.58 Å². The molecule has 6 N–H and O–H groups in total. The molecule has 7 aliphatic rings. The lowest BCUT2D eigenvalue weighted by Crippen LogP contribution is -2.59. The van der Waals surface area contributed by atoms with Crippen molar-refractivity contribution in [3.8, 4) is 5.75 Å². The number of amides is 3. The second kappa shape index (κ2) is 17.7. The van der Waals surface area contributed by atoms with Crippen molar-refractivity contribution in [3.05, 3.63) is 54.8 Å². The Morgan fingerprint density at radius 1 is 1.08 bits per heavy atom. The van der Waals surface area contributed by atoms with Crippen LogP contribution in [0.4, 0.5) is 10.5 Å². The molecule has 0 radical (unpaired) electrons. The molecule has 3 aliphatic carbocycles. The Morgan fingerprint density at radius 2 is 1.84 bits per heavy atom. The maximum Gasteiger partial charge on any atom is 0.408 e. The summed E-state index contributed by atoms with van der Waals surface area (Å²) in [5.74, 6) is -0.264. The lowest BCUT2D eigenvalue weighted by Gasteiger charge is -2.35. The van der Waals surface area contributed by atoms with Gasteiger partial charge < -0.3 is 44.9 Å². The quantitative estimate of drug-likeness (QED) is 0.133. The number of morpholine rings is 1. The van der Waals surface area contributed by atoms with E-state index in [9.17, 15) is 24.3 Å². The molecule has 2 saturated heterocycles. The number of benzene rings is 1. The van der Waals surface area contributed by atoms with E-state index >= 15 is 0 Å². The molecule has 17 heteroatoms. The molecule has 1 aromatic carbocycles. The Balaban J connectivity index is 1.04. The van der Waals surface area contributed by atoms with Crippen LogP contribution >= 0.6 is 0 Å². The molecule has 1 aromatic rings. The van der Waals surface area contributed by atoms with E-state index in [0.717, 1.165) is 43.7 Å². The van der Waals surface area contributed by atoms with E-state index in [1.807, 2.05) is 62.3 Å². The van der Waals surface area contributed by atoms with Gasteiger partial charge >= 0.3 is 12.1 Å². The number of carbonyl (C=O) groups excluding carboxylic acids is 3. The molecule has 338 valence electrons. The molecule has 4 heterocycles. The number of carboxylic acids is 1. The first-order valence-electron chi connectivity index (χ1n) is 22.3. The van der Waals surface area contributed by atoms with Crippen LogP contribution in [-0.2, 0) is 28.6 Å². The van der Waals surface area contributed by atoms with Crippen LogP contribution in [0, 0.1) is 23.2 Å². The van der Waals surface area contributed by atoms with Crippen molar-refractivity contribution in [1.82, 2.24) is 36.2 Å². The van der Waals surface area contributed by atoms with Crippen LogP contribution in [0.2, 0.25) is 0 Å². The van der Waals surface area contributed by atoms with Gasteiger partial charge in [-0.1, -0.05) is 26.8 Å². The van der Waals surface area contributed by atoms with Crippen molar-refractivity contribution in [2.75, 3.05) is 51.3 Å². The first-order valence-corrected chi connectivity index (χ1v) is 22.3. The van der Waals surface area contributed by atoms with Gasteiger partial charge in [-0.2, -0.15) is 0 Å². The van der Waals surface area contributed by atoms with Gasteiger partial charge in [-0.3, -0.25) is 24.8 Å². The van der Waals surface area contributed by atoms with Crippen molar-refractivity contribution in [1.29, 1.82) is 0 Å². The minimum Gasteiger partial charge on any atom is -0.492 e. The second-order valence-electron chi connectivity index (χ2n) is 19.3. The Hall–Kier alpha value is -4.84. The number of rotatable bonds is 16. The minimum absolute atomic E-state index is 0.00687. The highest BCUT2D eigenvalue weighted by Gasteiger charge is 2.61. The fourth-order valence-corrected chi connectivity index (χ4v) is 9.55. The summed E-state index contributed by atoms with van der Waals surface area (Å²) in [5, 5.41) is 24.8. The number of hydrogen-bond donors (Lipinski definition) is 6. The lowest BCUT2D eigenvalue weighted by atomic mass is 9.85. The molecule has 4 unspecified atom stereocenters. The van der Waals surface area contributed by atoms with E-state index < -0.39 is 65.1 Å². The number of nitrogens with zero attached hydrogens (tertiary/aromatic N) is 3. The van der Waals surface area contributed by atoms with Gasteiger partial charge in [0.1, 0.15) is 54.1 Å². The predicted octanol–water partition coefficient (Wildman–Crippen LogP) is 3.22. The third-order valence-electron chi connectivity index (χ3n) is 13.2. The molecule has 0 bridgehead atoms. The topological polar surface area (TPSA) is 195 Å². The smallest absolute Gasteiger partial charge is 0.408 e. The zero-order chi connectivity index (χ0) is 43.9. The van der Waals surface area contributed by atoms with Gasteiger partial charge in [0, 0.05) is 61.9 Å². The number of fused-ring (bicyclic) bond motifs is 2. The minimum atomic E-state index is -1.51. The van der Waals surface area contributed by atoms with Crippen LogP contribution in [0.5, 0.6) is 5.75 Å². The number of nitrogens with one attached hydrogen (secondary N) is 5. The van der Waals surface area contributed by atoms with Crippen molar-refractivity contribution in [3.63, 3.8) is 0 Å². The number of anilines is 1. The van der Waals surface area contributed by atoms with Gasteiger partial charge in [0.15, 0.2) is 0 Å². The van der Waals surface area contributed by atoms with E-state index in [1.54, 1.807) is 0 Å². The van der Waals surface area contributed by atoms with Crippen molar-refractivity contribution < 1.29 is 43.2 Å². The van der Waals surface area contributed by atoms with Gasteiger partial charge in [-0.05, 0) is 75.0 Å². The molecule has 3 saturated carbocycles. The van der Waals surface area contributed by atoms with Crippen LogP contribution in [0.15, 0.2) is 49.2 Å². The summed E-state index contributed by atoms with van der Waals surface area (Å²) in [5.41, 5.74) is 2.74. The van der Waals surface area contributed by atoms with Crippen LogP contribution in [0.25, 0.3) is 5.76 Å². The number of alkyl carbamates (subject to hydrolysis) is 1. The highest BCUT2D eigenvalue weighted by molar-refractivity contribution is 5.96. The normalized spacial score (nSPS) is 31.6.